The molecule has 90 valence electrons. The van der Waals surface area contributed by atoms with Gasteiger partial charge in [0.05, 0.1) is 18.7 Å². The molecule has 0 saturated carbocycles. The molecule has 3 heteroatoms. The number of carbonyl (C=O) groups is 1. The zero-order valence-corrected chi connectivity index (χ0v) is 10.2. The number of nitrogens with one attached hydrogen (secondary N) is 1. The predicted octanol–water partition coefficient (Wildman–Crippen LogP) is 1.97. The van der Waals surface area contributed by atoms with Crippen molar-refractivity contribution in [3.8, 4) is 12.3 Å². The van der Waals surface area contributed by atoms with Gasteiger partial charge in [-0.25, -0.2) is 4.79 Å². The van der Waals surface area contributed by atoms with Gasteiger partial charge in [-0.1, -0.05) is 25.0 Å². The summed E-state index contributed by atoms with van der Waals surface area (Å²) in [4.78, 5) is 11.2. The fourth-order valence-electron chi connectivity index (χ4n) is 1.44. The van der Waals surface area contributed by atoms with Crippen LogP contribution in [0.15, 0.2) is 24.3 Å². The molecule has 0 aliphatic rings. The van der Waals surface area contributed by atoms with Crippen molar-refractivity contribution in [2.45, 2.75) is 25.9 Å². The van der Waals surface area contributed by atoms with Gasteiger partial charge in [-0.3, -0.25) is 5.32 Å². The number of hydrogen-bond donors (Lipinski definition) is 1. The summed E-state index contributed by atoms with van der Waals surface area (Å²) in [6, 6.07) is 7.37. The third-order valence-electron chi connectivity index (χ3n) is 2.54. The Kier molecular flexibility index (Phi) is 5.25. The average Bonchev–Trinajstić information content (AvgIpc) is 2.39. The third kappa shape index (κ3) is 3.93. The third-order valence-corrected chi connectivity index (χ3v) is 2.54. The highest BCUT2D eigenvalue weighted by atomic mass is 16.5. The van der Waals surface area contributed by atoms with Crippen molar-refractivity contribution in [2.75, 3.05) is 7.11 Å². The first-order valence-corrected chi connectivity index (χ1v) is 5.58. The first-order valence-electron chi connectivity index (χ1n) is 5.58. The van der Waals surface area contributed by atoms with Crippen LogP contribution in [-0.4, -0.2) is 19.1 Å². The molecule has 0 bridgehead atoms. The zero-order valence-electron chi connectivity index (χ0n) is 10.2. The van der Waals surface area contributed by atoms with Crippen molar-refractivity contribution in [2.24, 2.45) is 0 Å². The maximum atomic E-state index is 11.2. The van der Waals surface area contributed by atoms with Gasteiger partial charge in [-0.05, 0) is 24.1 Å². The summed E-state index contributed by atoms with van der Waals surface area (Å²) in [7, 11) is 1.37. The monoisotopic (exact) mass is 231 g/mol. The molecule has 0 spiro atoms. The first kappa shape index (κ1) is 13.3. The molecule has 1 rings (SSSR count). The van der Waals surface area contributed by atoms with Crippen molar-refractivity contribution < 1.29 is 9.53 Å². The Labute approximate surface area is 102 Å². The summed E-state index contributed by atoms with van der Waals surface area (Å²) < 4.78 is 4.63. The van der Waals surface area contributed by atoms with Gasteiger partial charge in [0.25, 0.3) is 0 Å². The highest BCUT2D eigenvalue weighted by molar-refractivity contribution is 5.89. The van der Waals surface area contributed by atoms with E-state index in [4.69, 9.17) is 6.42 Å². The van der Waals surface area contributed by atoms with Gasteiger partial charge >= 0.3 is 5.97 Å². The van der Waals surface area contributed by atoms with Crippen molar-refractivity contribution in [1.29, 1.82) is 0 Å². The number of hydrogen-bond acceptors (Lipinski definition) is 3. The molecule has 3 nitrogen and oxygen atoms in total. The molecule has 0 saturated heterocycles. The molecule has 0 aliphatic carbocycles. The van der Waals surface area contributed by atoms with E-state index in [1.54, 1.807) is 12.1 Å². The van der Waals surface area contributed by atoms with Gasteiger partial charge in [0.2, 0.25) is 0 Å². The first-order chi connectivity index (χ1) is 8.21. The lowest BCUT2D eigenvalue weighted by Crippen LogP contribution is -2.26. The van der Waals surface area contributed by atoms with Crippen LogP contribution < -0.4 is 5.32 Å². The van der Waals surface area contributed by atoms with E-state index in [0.29, 0.717) is 12.1 Å². The van der Waals surface area contributed by atoms with Crippen molar-refractivity contribution >= 4 is 5.97 Å². The largest absolute Gasteiger partial charge is 0.465 e. The van der Waals surface area contributed by atoms with Gasteiger partial charge in [0.1, 0.15) is 0 Å². The fourth-order valence-corrected chi connectivity index (χ4v) is 1.44. The number of carbonyl (C=O) groups excluding carboxylic acids is 1. The lowest BCUT2D eigenvalue weighted by molar-refractivity contribution is 0.0600. The number of esters is 1. The minimum absolute atomic E-state index is 0.0929. The molecule has 1 atom stereocenters. The maximum absolute atomic E-state index is 11.2. The number of rotatable bonds is 5. The van der Waals surface area contributed by atoms with Crippen LogP contribution in [0.4, 0.5) is 0 Å². The van der Waals surface area contributed by atoms with Crippen LogP contribution in [0.2, 0.25) is 0 Å². The van der Waals surface area contributed by atoms with Crippen LogP contribution >= 0.6 is 0 Å². The molecular formula is C14H17NO2. The van der Waals surface area contributed by atoms with E-state index < -0.39 is 0 Å². The summed E-state index contributed by atoms with van der Waals surface area (Å²) in [6.45, 7) is 2.74. The van der Waals surface area contributed by atoms with Crippen LogP contribution in [0, 0.1) is 12.3 Å². The molecule has 1 aromatic rings. The second-order valence-electron chi connectivity index (χ2n) is 3.70. The van der Waals surface area contributed by atoms with E-state index in [-0.39, 0.29) is 12.0 Å². The molecule has 0 amide bonds. The van der Waals surface area contributed by atoms with Crippen molar-refractivity contribution in [3.63, 3.8) is 0 Å². The summed E-state index contributed by atoms with van der Waals surface area (Å²) >= 11 is 0. The molecular weight excluding hydrogens is 214 g/mol. The molecule has 1 aromatic carbocycles. The van der Waals surface area contributed by atoms with Gasteiger partial charge in [0, 0.05) is 6.54 Å². The highest BCUT2D eigenvalue weighted by Gasteiger charge is 2.05. The summed E-state index contributed by atoms with van der Waals surface area (Å²) in [5.74, 6) is 2.36. The number of benzene rings is 1. The van der Waals surface area contributed by atoms with Crippen LogP contribution in [0.3, 0.4) is 0 Å². The zero-order chi connectivity index (χ0) is 12.7. The highest BCUT2D eigenvalue weighted by Crippen LogP contribution is 2.06. The minimum atomic E-state index is -0.320. The standard InChI is InChI=1S/C14H17NO2/c1-4-13(5-2)15-10-11-6-8-12(9-7-11)14(16)17-3/h1,6-9,13,15H,5,10H2,2-3H3. The second kappa shape index (κ2) is 6.72. The van der Waals surface area contributed by atoms with E-state index in [9.17, 15) is 4.79 Å². The Morgan fingerprint density at radius 3 is 2.59 bits per heavy atom. The number of methoxy groups -OCH3 is 1. The summed E-state index contributed by atoms with van der Waals surface area (Å²) in [5.41, 5.74) is 1.64. The quantitative estimate of drug-likeness (QED) is 0.622. The topological polar surface area (TPSA) is 38.3 Å². The normalized spacial score (nSPS) is 11.6. The Bertz CT molecular complexity index is 403. The van der Waals surface area contributed by atoms with E-state index in [0.717, 1.165) is 12.0 Å². The molecule has 0 aromatic heterocycles. The summed E-state index contributed by atoms with van der Waals surface area (Å²) in [5, 5.41) is 3.25. The van der Waals surface area contributed by atoms with Gasteiger partial charge in [-0.2, -0.15) is 0 Å². The second-order valence-corrected chi connectivity index (χ2v) is 3.70. The van der Waals surface area contributed by atoms with E-state index in [2.05, 4.69) is 16.0 Å². The Hall–Kier alpha value is -1.79. The maximum Gasteiger partial charge on any atom is 0.337 e. The van der Waals surface area contributed by atoms with Crippen molar-refractivity contribution in [1.82, 2.24) is 5.32 Å². The molecule has 1 N–H and O–H groups in total. The Balaban J connectivity index is 2.57. The molecule has 1 unspecified atom stereocenters. The van der Waals surface area contributed by atoms with Crippen LogP contribution in [0.5, 0.6) is 0 Å². The van der Waals surface area contributed by atoms with Crippen LogP contribution in [0.25, 0.3) is 0 Å². The minimum Gasteiger partial charge on any atom is -0.465 e. The molecule has 0 fully saturated rings. The molecule has 0 aliphatic heterocycles. The molecule has 17 heavy (non-hydrogen) atoms. The Morgan fingerprint density at radius 2 is 2.12 bits per heavy atom. The average molecular weight is 231 g/mol. The molecule has 0 heterocycles. The lowest BCUT2D eigenvalue weighted by atomic mass is 10.1. The van der Waals surface area contributed by atoms with Crippen LogP contribution in [0.1, 0.15) is 29.3 Å². The van der Waals surface area contributed by atoms with Gasteiger partial charge < -0.3 is 4.74 Å². The predicted molar refractivity (Wildman–Crippen MR) is 67.5 cm³/mol. The Morgan fingerprint density at radius 1 is 1.47 bits per heavy atom. The number of ether oxygens (including phenoxy) is 1. The SMILES string of the molecule is C#CC(CC)NCc1ccc(C(=O)OC)cc1. The van der Waals surface area contributed by atoms with Gasteiger partial charge in [-0.15, -0.1) is 6.42 Å². The lowest BCUT2D eigenvalue weighted by Gasteiger charge is -2.10. The van der Waals surface area contributed by atoms with E-state index in [1.807, 2.05) is 19.1 Å². The smallest absolute Gasteiger partial charge is 0.337 e. The molecule has 0 radical (unpaired) electrons. The van der Waals surface area contributed by atoms with Crippen molar-refractivity contribution in [3.05, 3.63) is 35.4 Å². The van der Waals surface area contributed by atoms with E-state index in [1.165, 1.54) is 7.11 Å². The van der Waals surface area contributed by atoms with E-state index >= 15 is 0 Å². The number of terminal acetylenes is 1. The van der Waals surface area contributed by atoms with Crippen LogP contribution in [-0.2, 0) is 11.3 Å². The fraction of sp³-hybridized carbons (Fsp3) is 0.357. The summed E-state index contributed by atoms with van der Waals surface area (Å²) in [6.07, 6.45) is 6.26. The van der Waals surface area contributed by atoms with Gasteiger partial charge in [0.15, 0.2) is 0 Å².